The van der Waals surface area contributed by atoms with Gasteiger partial charge in [-0.05, 0) is 54.7 Å². The van der Waals surface area contributed by atoms with Gasteiger partial charge in [-0.1, -0.05) is 39.7 Å². The second-order valence-electron chi connectivity index (χ2n) is 5.48. The lowest BCUT2D eigenvalue weighted by Crippen LogP contribution is -2.23. The van der Waals surface area contributed by atoms with E-state index < -0.39 is 0 Å². The van der Waals surface area contributed by atoms with Gasteiger partial charge in [0, 0.05) is 27.6 Å². The van der Waals surface area contributed by atoms with Gasteiger partial charge in [-0.3, -0.25) is 0 Å². The van der Waals surface area contributed by atoms with Crippen LogP contribution in [0.15, 0.2) is 46.9 Å². The van der Waals surface area contributed by atoms with E-state index in [1.807, 2.05) is 18.2 Å². The molecule has 1 atom stereocenters. The first-order valence-corrected chi connectivity index (χ1v) is 8.23. The van der Waals surface area contributed by atoms with Crippen LogP contribution in [0.4, 0.5) is 4.39 Å². The standard InChI is InChI=1S/C17H16BrClFN/c18-14-5-8-16(20)13(9-14)10-21-17(11-1-2-11)12-3-6-15(19)7-4-12/h3-9,11,17,21H,1-2,10H2. The Morgan fingerprint density at radius 1 is 1.19 bits per heavy atom. The molecule has 1 fully saturated rings. The molecule has 21 heavy (non-hydrogen) atoms. The van der Waals surface area contributed by atoms with Crippen LogP contribution < -0.4 is 5.32 Å². The van der Waals surface area contributed by atoms with Crippen molar-refractivity contribution in [2.75, 3.05) is 0 Å². The number of hydrogen-bond donors (Lipinski definition) is 1. The summed E-state index contributed by atoms with van der Waals surface area (Å²) in [6.45, 7) is 0.523. The van der Waals surface area contributed by atoms with Crippen LogP contribution >= 0.6 is 27.5 Å². The zero-order valence-electron chi connectivity index (χ0n) is 11.5. The first-order chi connectivity index (χ1) is 10.1. The number of nitrogens with one attached hydrogen (secondary N) is 1. The molecule has 0 spiro atoms. The van der Waals surface area contributed by atoms with Gasteiger partial charge in [-0.25, -0.2) is 4.39 Å². The number of rotatable bonds is 5. The average Bonchev–Trinajstić information content (AvgIpc) is 3.29. The maximum absolute atomic E-state index is 13.8. The summed E-state index contributed by atoms with van der Waals surface area (Å²) in [7, 11) is 0. The summed E-state index contributed by atoms with van der Waals surface area (Å²) in [6, 6.07) is 13.2. The Bertz CT molecular complexity index is 625. The lowest BCUT2D eigenvalue weighted by atomic mass is 10.0. The molecule has 2 aromatic rings. The molecular formula is C17H16BrClFN. The Kier molecular flexibility index (Phi) is 4.63. The van der Waals surface area contributed by atoms with Crippen LogP contribution in [0.1, 0.15) is 30.0 Å². The third-order valence-electron chi connectivity index (χ3n) is 3.84. The largest absolute Gasteiger partial charge is 0.306 e. The highest BCUT2D eigenvalue weighted by molar-refractivity contribution is 9.10. The lowest BCUT2D eigenvalue weighted by Gasteiger charge is -2.19. The van der Waals surface area contributed by atoms with E-state index in [2.05, 4.69) is 33.4 Å². The normalized spacial score (nSPS) is 16.0. The molecule has 0 saturated heterocycles. The monoisotopic (exact) mass is 367 g/mol. The minimum atomic E-state index is -0.170. The molecule has 0 radical (unpaired) electrons. The van der Waals surface area contributed by atoms with Crippen LogP contribution in [0.25, 0.3) is 0 Å². The third kappa shape index (κ3) is 3.85. The predicted molar refractivity (Wildman–Crippen MR) is 87.9 cm³/mol. The van der Waals surface area contributed by atoms with Gasteiger partial charge in [0.1, 0.15) is 5.82 Å². The third-order valence-corrected chi connectivity index (χ3v) is 4.59. The second kappa shape index (κ2) is 6.47. The zero-order chi connectivity index (χ0) is 14.8. The Morgan fingerprint density at radius 2 is 1.90 bits per heavy atom. The lowest BCUT2D eigenvalue weighted by molar-refractivity contribution is 0.471. The smallest absolute Gasteiger partial charge is 0.127 e. The minimum Gasteiger partial charge on any atom is -0.306 e. The molecule has 0 amide bonds. The summed E-state index contributed by atoms with van der Waals surface area (Å²) in [5.74, 6) is 0.470. The van der Waals surface area contributed by atoms with Crippen molar-refractivity contribution >= 4 is 27.5 Å². The van der Waals surface area contributed by atoms with E-state index in [4.69, 9.17) is 11.6 Å². The van der Waals surface area contributed by atoms with Gasteiger partial charge >= 0.3 is 0 Å². The molecule has 110 valence electrons. The minimum absolute atomic E-state index is 0.170. The SMILES string of the molecule is Fc1ccc(Br)cc1CNC(c1ccc(Cl)cc1)C1CC1. The van der Waals surface area contributed by atoms with Crippen molar-refractivity contribution in [1.82, 2.24) is 5.32 Å². The van der Waals surface area contributed by atoms with Crippen molar-refractivity contribution in [3.8, 4) is 0 Å². The van der Waals surface area contributed by atoms with Crippen molar-refractivity contribution in [2.45, 2.75) is 25.4 Å². The molecule has 1 aliphatic carbocycles. The summed E-state index contributed by atoms with van der Waals surface area (Å²) in [5, 5.41) is 4.24. The highest BCUT2D eigenvalue weighted by Crippen LogP contribution is 2.41. The van der Waals surface area contributed by atoms with Crippen LogP contribution in [-0.2, 0) is 6.54 Å². The Hall–Kier alpha value is -0.900. The van der Waals surface area contributed by atoms with Gasteiger partial charge in [-0.2, -0.15) is 0 Å². The number of halogens is 3. The second-order valence-corrected chi connectivity index (χ2v) is 6.84. The van der Waals surface area contributed by atoms with Crippen LogP contribution in [0.3, 0.4) is 0 Å². The molecule has 1 aliphatic rings. The first kappa shape index (κ1) is 15.0. The zero-order valence-corrected chi connectivity index (χ0v) is 13.8. The average molecular weight is 369 g/mol. The number of hydrogen-bond acceptors (Lipinski definition) is 1. The fraction of sp³-hybridized carbons (Fsp3) is 0.294. The summed E-state index contributed by atoms with van der Waals surface area (Å²) < 4.78 is 14.7. The Labute approximate surface area is 137 Å². The van der Waals surface area contributed by atoms with E-state index in [0.29, 0.717) is 18.0 Å². The molecule has 0 aromatic heterocycles. The summed E-state index contributed by atoms with van der Waals surface area (Å²) in [4.78, 5) is 0. The van der Waals surface area contributed by atoms with Gasteiger partial charge in [0.2, 0.25) is 0 Å². The molecule has 3 rings (SSSR count). The van der Waals surface area contributed by atoms with Gasteiger partial charge in [-0.15, -0.1) is 0 Å². The van der Waals surface area contributed by atoms with Gasteiger partial charge in [0.25, 0.3) is 0 Å². The Morgan fingerprint density at radius 3 is 2.57 bits per heavy atom. The van der Waals surface area contributed by atoms with Gasteiger partial charge < -0.3 is 5.32 Å². The Balaban J connectivity index is 1.74. The highest BCUT2D eigenvalue weighted by Gasteiger charge is 2.32. The van der Waals surface area contributed by atoms with Crippen molar-refractivity contribution < 1.29 is 4.39 Å². The predicted octanol–water partition coefficient (Wildman–Crippen LogP) is 5.48. The molecule has 2 aromatic carbocycles. The molecule has 1 unspecified atom stereocenters. The first-order valence-electron chi connectivity index (χ1n) is 7.06. The summed E-state index contributed by atoms with van der Waals surface area (Å²) in [6.07, 6.45) is 2.45. The highest BCUT2D eigenvalue weighted by atomic mass is 79.9. The fourth-order valence-corrected chi connectivity index (χ4v) is 3.09. The molecule has 0 bridgehead atoms. The van der Waals surface area contributed by atoms with Crippen LogP contribution in [0.5, 0.6) is 0 Å². The molecule has 0 aliphatic heterocycles. The quantitative estimate of drug-likeness (QED) is 0.736. The van der Waals surface area contributed by atoms with E-state index in [9.17, 15) is 4.39 Å². The summed E-state index contributed by atoms with van der Waals surface area (Å²) in [5.41, 5.74) is 1.90. The number of benzene rings is 2. The van der Waals surface area contributed by atoms with Crippen LogP contribution in [0.2, 0.25) is 5.02 Å². The molecule has 4 heteroatoms. The van der Waals surface area contributed by atoms with Crippen LogP contribution in [0, 0.1) is 11.7 Å². The van der Waals surface area contributed by atoms with Crippen molar-refractivity contribution in [1.29, 1.82) is 0 Å². The van der Waals surface area contributed by atoms with E-state index >= 15 is 0 Å². The summed E-state index contributed by atoms with van der Waals surface area (Å²) >= 11 is 9.34. The van der Waals surface area contributed by atoms with Crippen molar-refractivity contribution in [3.63, 3.8) is 0 Å². The van der Waals surface area contributed by atoms with Gasteiger partial charge in [0.15, 0.2) is 0 Å². The van der Waals surface area contributed by atoms with E-state index in [-0.39, 0.29) is 11.9 Å². The van der Waals surface area contributed by atoms with E-state index in [0.717, 1.165) is 9.50 Å². The maximum atomic E-state index is 13.8. The molecule has 1 N–H and O–H groups in total. The maximum Gasteiger partial charge on any atom is 0.127 e. The molecule has 0 heterocycles. The molecular weight excluding hydrogens is 353 g/mol. The van der Waals surface area contributed by atoms with Crippen LogP contribution in [-0.4, -0.2) is 0 Å². The van der Waals surface area contributed by atoms with Crippen molar-refractivity contribution in [2.24, 2.45) is 5.92 Å². The molecule has 1 nitrogen and oxygen atoms in total. The van der Waals surface area contributed by atoms with E-state index in [1.54, 1.807) is 6.07 Å². The fourth-order valence-electron chi connectivity index (χ4n) is 2.56. The molecule has 1 saturated carbocycles. The van der Waals surface area contributed by atoms with Gasteiger partial charge in [0.05, 0.1) is 0 Å². The van der Waals surface area contributed by atoms with E-state index in [1.165, 1.54) is 24.5 Å². The topological polar surface area (TPSA) is 12.0 Å². The van der Waals surface area contributed by atoms with Crippen molar-refractivity contribution in [3.05, 3.63) is 68.9 Å².